The fourth-order valence-electron chi connectivity index (χ4n) is 2.33. The van der Waals surface area contributed by atoms with E-state index in [0.717, 1.165) is 5.56 Å². The first-order valence-corrected chi connectivity index (χ1v) is 6.92. The average molecular weight is 273 g/mol. The van der Waals surface area contributed by atoms with Crippen molar-refractivity contribution >= 4 is 5.78 Å². The zero-order chi connectivity index (χ0) is 14.5. The van der Waals surface area contributed by atoms with Crippen molar-refractivity contribution in [1.29, 1.82) is 0 Å². The summed E-state index contributed by atoms with van der Waals surface area (Å²) in [6.07, 6.45) is 2.38. The van der Waals surface area contributed by atoms with Crippen molar-refractivity contribution in [2.75, 3.05) is 0 Å². The molecule has 0 atom stereocenters. The highest BCUT2D eigenvalue weighted by Crippen LogP contribution is 2.16. The second-order valence-electron chi connectivity index (χ2n) is 4.87. The van der Waals surface area contributed by atoms with Crippen LogP contribution in [0, 0.1) is 0 Å². The minimum absolute atomic E-state index is 0.0258. The van der Waals surface area contributed by atoms with Gasteiger partial charge in [0, 0.05) is 11.8 Å². The Bertz CT molecular complexity index is 736. The molecule has 0 N–H and O–H groups in total. The van der Waals surface area contributed by atoms with Gasteiger partial charge in [0.2, 0.25) is 5.78 Å². The van der Waals surface area contributed by atoms with E-state index in [1.54, 1.807) is 6.20 Å². The van der Waals surface area contributed by atoms with Crippen molar-refractivity contribution in [3.05, 3.63) is 101 Å². The number of ketones is 1. The van der Waals surface area contributed by atoms with Crippen molar-refractivity contribution in [2.45, 2.75) is 6.42 Å². The van der Waals surface area contributed by atoms with E-state index in [0.29, 0.717) is 17.7 Å². The third kappa shape index (κ3) is 3.06. The van der Waals surface area contributed by atoms with Crippen molar-refractivity contribution in [3.8, 4) is 0 Å². The van der Waals surface area contributed by atoms with Gasteiger partial charge >= 0.3 is 0 Å². The monoisotopic (exact) mass is 273 g/mol. The average Bonchev–Trinajstić information content (AvgIpc) is 2.56. The van der Waals surface area contributed by atoms with Crippen molar-refractivity contribution in [2.24, 2.45) is 0 Å². The van der Waals surface area contributed by atoms with E-state index in [9.17, 15) is 4.79 Å². The molecular weight excluding hydrogens is 258 g/mol. The zero-order valence-electron chi connectivity index (χ0n) is 11.6. The highest BCUT2D eigenvalue weighted by atomic mass is 16.1. The van der Waals surface area contributed by atoms with Gasteiger partial charge in [-0.05, 0) is 23.6 Å². The highest BCUT2D eigenvalue weighted by Gasteiger charge is 2.14. The lowest BCUT2D eigenvalue weighted by atomic mass is 9.99. The zero-order valence-corrected chi connectivity index (χ0v) is 11.6. The third-order valence-electron chi connectivity index (χ3n) is 3.38. The molecule has 3 rings (SSSR count). The Kier molecular flexibility index (Phi) is 3.88. The van der Waals surface area contributed by atoms with Crippen LogP contribution in [0.2, 0.25) is 0 Å². The Morgan fingerprint density at radius 3 is 2.19 bits per heavy atom. The van der Waals surface area contributed by atoms with Crippen LogP contribution < -0.4 is 0 Å². The summed E-state index contributed by atoms with van der Waals surface area (Å²) in [6.45, 7) is 0. The number of carbonyl (C=O) groups excluding carboxylic acids is 1. The first-order chi connectivity index (χ1) is 10.3. The lowest BCUT2D eigenvalue weighted by molar-refractivity contribution is 0.103. The number of benzene rings is 2. The summed E-state index contributed by atoms with van der Waals surface area (Å²) < 4.78 is 0. The molecule has 0 spiro atoms. The van der Waals surface area contributed by atoms with Gasteiger partial charge in [-0.2, -0.15) is 0 Å². The second-order valence-corrected chi connectivity index (χ2v) is 4.87. The molecule has 2 aromatic carbocycles. The van der Waals surface area contributed by atoms with Gasteiger partial charge in [-0.25, -0.2) is 0 Å². The summed E-state index contributed by atoms with van der Waals surface area (Å²) in [5, 5.41) is 0. The quantitative estimate of drug-likeness (QED) is 0.675. The Balaban J connectivity index is 1.95. The van der Waals surface area contributed by atoms with Crippen LogP contribution in [0.1, 0.15) is 27.2 Å². The summed E-state index contributed by atoms with van der Waals surface area (Å²) in [5.74, 6) is -0.0258. The summed E-state index contributed by atoms with van der Waals surface area (Å²) >= 11 is 0. The van der Waals surface area contributed by atoms with Gasteiger partial charge in [-0.3, -0.25) is 9.78 Å². The Hall–Kier alpha value is -2.74. The van der Waals surface area contributed by atoms with Crippen molar-refractivity contribution in [3.63, 3.8) is 0 Å². The maximum atomic E-state index is 12.6. The molecule has 3 aromatic rings. The fraction of sp³-hybridized carbons (Fsp3) is 0.0526. The molecular formula is C19H15NO. The second kappa shape index (κ2) is 6.14. The number of hydrogen-bond acceptors (Lipinski definition) is 2. The molecule has 0 aliphatic carbocycles. The van der Waals surface area contributed by atoms with Gasteiger partial charge in [0.05, 0.1) is 0 Å². The van der Waals surface area contributed by atoms with Gasteiger partial charge in [-0.15, -0.1) is 0 Å². The van der Waals surface area contributed by atoms with Crippen LogP contribution in [0.4, 0.5) is 0 Å². The topological polar surface area (TPSA) is 30.0 Å². The Morgan fingerprint density at radius 1 is 0.810 bits per heavy atom. The summed E-state index contributed by atoms with van der Waals surface area (Å²) in [5.41, 5.74) is 3.34. The SMILES string of the molecule is O=C(c1ccccc1)c1ncccc1Cc1ccccc1. The van der Waals surface area contributed by atoms with E-state index in [1.807, 2.05) is 60.7 Å². The minimum Gasteiger partial charge on any atom is -0.287 e. The van der Waals surface area contributed by atoms with Crippen LogP contribution in [0.25, 0.3) is 0 Å². The molecule has 0 bridgehead atoms. The van der Waals surface area contributed by atoms with Gasteiger partial charge in [0.15, 0.2) is 0 Å². The van der Waals surface area contributed by atoms with E-state index in [4.69, 9.17) is 0 Å². The van der Waals surface area contributed by atoms with Crippen LogP contribution in [-0.2, 0) is 6.42 Å². The predicted molar refractivity (Wildman–Crippen MR) is 83.4 cm³/mol. The molecule has 21 heavy (non-hydrogen) atoms. The summed E-state index contributed by atoms with van der Waals surface area (Å²) in [7, 11) is 0. The first-order valence-electron chi connectivity index (χ1n) is 6.92. The molecule has 1 aromatic heterocycles. The highest BCUT2D eigenvalue weighted by molar-refractivity contribution is 6.08. The van der Waals surface area contributed by atoms with E-state index >= 15 is 0 Å². The molecule has 102 valence electrons. The number of carbonyl (C=O) groups is 1. The molecule has 1 heterocycles. The van der Waals surface area contributed by atoms with Crippen LogP contribution in [0.5, 0.6) is 0 Å². The summed E-state index contributed by atoms with van der Waals surface area (Å²) in [6, 6.07) is 23.2. The predicted octanol–water partition coefficient (Wildman–Crippen LogP) is 3.90. The standard InChI is InChI=1S/C19H15NO/c21-19(16-10-5-2-6-11-16)18-17(12-7-13-20-18)14-15-8-3-1-4-9-15/h1-13H,14H2. The molecule has 0 aliphatic heterocycles. The van der Waals surface area contributed by atoms with Crippen LogP contribution in [-0.4, -0.2) is 10.8 Å². The van der Waals surface area contributed by atoms with Crippen LogP contribution >= 0.6 is 0 Å². The minimum atomic E-state index is -0.0258. The number of rotatable bonds is 4. The van der Waals surface area contributed by atoms with Crippen LogP contribution in [0.3, 0.4) is 0 Å². The summed E-state index contributed by atoms with van der Waals surface area (Å²) in [4.78, 5) is 16.9. The number of aromatic nitrogens is 1. The largest absolute Gasteiger partial charge is 0.287 e. The third-order valence-corrected chi connectivity index (χ3v) is 3.38. The van der Waals surface area contributed by atoms with E-state index in [1.165, 1.54) is 5.56 Å². The van der Waals surface area contributed by atoms with Gasteiger partial charge in [0.25, 0.3) is 0 Å². The molecule has 2 heteroatoms. The number of hydrogen-bond donors (Lipinski definition) is 0. The molecule has 0 aliphatic rings. The molecule has 0 saturated heterocycles. The molecule has 0 amide bonds. The van der Waals surface area contributed by atoms with Gasteiger partial charge in [0.1, 0.15) is 5.69 Å². The lowest BCUT2D eigenvalue weighted by Gasteiger charge is -2.08. The molecule has 0 saturated carbocycles. The van der Waals surface area contributed by atoms with Crippen molar-refractivity contribution in [1.82, 2.24) is 4.98 Å². The molecule has 0 fully saturated rings. The van der Waals surface area contributed by atoms with E-state index in [-0.39, 0.29) is 5.78 Å². The Labute approximate surface area is 124 Å². The fourth-order valence-corrected chi connectivity index (χ4v) is 2.33. The number of nitrogens with zero attached hydrogens (tertiary/aromatic N) is 1. The maximum absolute atomic E-state index is 12.6. The molecule has 0 unspecified atom stereocenters. The smallest absolute Gasteiger partial charge is 0.211 e. The van der Waals surface area contributed by atoms with Gasteiger partial charge < -0.3 is 0 Å². The van der Waals surface area contributed by atoms with E-state index in [2.05, 4.69) is 17.1 Å². The van der Waals surface area contributed by atoms with E-state index < -0.39 is 0 Å². The van der Waals surface area contributed by atoms with Gasteiger partial charge in [-0.1, -0.05) is 66.7 Å². The van der Waals surface area contributed by atoms with Crippen molar-refractivity contribution < 1.29 is 4.79 Å². The molecule has 0 radical (unpaired) electrons. The first kappa shape index (κ1) is 13.3. The normalized spacial score (nSPS) is 10.3. The van der Waals surface area contributed by atoms with Crippen LogP contribution in [0.15, 0.2) is 79.0 Å². The molecule has 2 nitrogen and oxygen atoms in total. The number of pyridine rings is 1. The Morgan fingerprint density at radius 2 is 1.48 bits per heavy atom. The lowest BCUT2D eigenvalue weighted by Crippen LogP contribution is -2.08. The maximum Gasteiger partial charge on any atom is 0.211 e.